The fourth-order valence-electron chi connectivity index (χ4n) is 3.94. The first-order valence-corrected chi connectivity index (χ1v) is 10.1. The second-order valence-electron chi connectivity index (χ2n) is 6.98. The van der Waals surface area contributed by atoms with Crippen molar-refractivity contribution in [2.45, 2.75) is 17.7 Å². The van der Waals surface area contributed by atoms with Gasteiger partial charge >= 0.3 is 0 Å². The lowest BCUT2D eigenvalue weighted by Crippen LogP contribution is -2.56. The summed E-state index contributed by atoms with van der Waals surface area (Å²) < 4.78 is 27.4. The zero-order valence-electron chi connectivity index (χ0n) is 14.8. The van der Waals surface area contributed by atoms with Crippen LogP contribution in [0.5, 0.6) is 0 Å². The van der Waals surface area contributed by atoms with Gasteiger partial charge in [-0.25, -0.2) is 17.7 Å². The van der Waals surface area contributed by atoms with E-state index in [-0.39, 0.29) is 5.96 Å². The maximum Gasteiger partial charge on any atom is 0.244 e. The standard InChI is InChI=1S/C19H22N4O2S/c1-14-7-6-10-16(11-14)23-12-17-19(13-23,15-8-4-3-5-9-15)21-18(20)22(2)26(17,24)25/h3-11,17H,12-13H2,1-2H3,(H2,20,21)/t17?,19-/m1/s1. The van der Waals surface area contributed by atoms with Gasteiger partial charge < -0.3 is 10.6 Å². The third-order valence-corrected chi connectivity index (χ3v) is 7.58. The molecule has 2 aliphatic rings. The number of guanidine groups is 1. The lowest BCUT2D eigenvalue weighted by molar-refractivity contribution is 0.438. The minimum atomic E-state index is -3.61. The number of anilines is 1. The van der Waals surface area contributed by atoms with Gasteiger partial charge in [0.05, 0.1) is 0 Å². The largest absolute Gasteiger partial charge is 0.369 e. The van der Waals surface area contributed by atoms with Crippen LogP contribution in [0, 0.1) is 6.92 Å². The molecule has 0 aliphatic carbocycles. The van der Waals surface area contributed by atoms with Crippen LogP contribution >= 0.6 is 0 Å². The minimum Gasteiger partial charge on any atom is -0.369 e. The summed E-state index contributed by atoms with van der Waals surface area (Å²) in [5.41, 5.74) is 8.13. The van der Waals surface area contributed by atoms with Crippen molar-refractivity contribution in [3.8, 4) is 0 Å². The Morgan fingerprint density at radius 3 is 2.58 bits per heavy atom. The summed E-state index contributed by atoms with van der Waals surface area (Å²) in [4.78, 5) is 6.82. The molecule has 0 spiro atoms. The van der Waals surface area contributed by atoms with Crippen LogP contribution in [0.2, 0.25) is 0 Å². The number of aryl methyl sites for hydroxylation is 1. The smallest absolute Gasteiger partial charge is 0.244 e. The predicted molar refractivity (Wildman–Crippen MR) is 104 cm³/mol. The van der Waals surface area contributed by atoms with E-state index in [1.165, 1.54) is 7.05 Å². The van der Waals surface area contributed by atoms with Crippen LogP contribution in [0.3, 0.4) is 0 Å². The molecule has 1 saturated heterocycles. The number of aliphatic imine (C=N–C) groups is 1. The van der Waals surface area contributed by atoms with E-state index in [4.69, 9.17) is 10.7 Å². The van der Waals surface area contributed by atoms with Crippen LogP contribution in [-0.2, 0) is 15.6 Å². The molecule has 1 unspecified atom stereocenters. The SMILES string of the molecule is Cc1cccc(N2CC3[C@](c4ccccc4)(C2)N=C(N)N(C)S3(=O)=O)c1. The zero-order chi connectivity index (χ0) is 18.5. The van der Waals surface area contributed by atoms with E-state index in [0.717, 1.165) is 21.1 Å². The molecule has 2 aliphatic heterocycles. The first-order chi connectivity index (χ1) is 12.3. The van der Waals surface area contributed by atoms with Crippen molar-refractivity contribution in [3.63, 3.8) is 0 Å². The van der Waals surface area contributed by atoms with Crippen LogP contribution in [0.15, 0.2) is 59.6 Å². The monoisotopic (exact) mass is 370 g/mol. The molecule has 0 radical (unpaired) electrons. The molecule has 2 atom stereocenters. The number of benzene rings is 2. The number of sulfonamides is 1. The number of rotatable bonds is 2. The average molecular weight is 370 g/mol. The molecule has 136 valence electrons. The Hall–Kier alpha value is -2.54. The molecule has 2 N–H and O–H groups in total. The van der Waals surface area contributed by atoms with Gasteiger partial charge in [0.2, 0.25) is 16.0 Å². The molecule has 0 saturated carbocycles. The molecular weight excluding hydrogens is 348 g/mol. The van der Waals surface area contributed by atoms with Crippen molar-refractivity contribution in [2.24, 2.45) is 10.7 Å². The fourth-order valence-corrected chi connectivity index (χ4v) is 5.75. The van der Waals surface area contributed by atoms with Gasteiger partial charge in [0.15, 0.2) is 0 Å². The van der Waals surface area contributed by atoms with Crippen molar-refractivity contribution in [2.75, 3.05) is 25.0 Å². The van der Waals surface area contributed by atoms with Gasteiger partial charge in [-0.15, -0.1) is 0 Å². The predicted octanol–water partition coefficient (Wildman–Crippen LogP) is 1.67. The average Bonchev–Trinajstić information content (AvgIpc) is 3.03. The summed E-state index contributed by atoms with van der Waals surface area (Å²) in [5, 5.41) is -0.685. The second-order valence-corrected chi connectivity index (χ2v) is 9.13. The zero-order valence-corrected chi connectivity index (χ0v) is 15.6. The van der Waals surface area contributed by atoms with Crippen molar-refractivity contribution < 1.29 is 8.42 Å². The molecule has 2 aromatic carbocycles. The summed E-state index contributed by atoms with van der Waals surface area (Å²) in [7, 11) is -2.14. The van der Waals surface area contributed by atoms with E-state index >= 15 is 0 Å². The summed E-state index contributed by atoms with van der Waals surface area (Å²) in [6.45, 7) is 2.88. The molecule has 0 bridgehead atoms. The Labute approximate surface area is 154 Å². The van der Waals surface area contributed by atoms with Gasteiger partial charge in [0.25, 0.3) is 0 Å². The highest BCUT2D eigenvalue weighted by Crippen LogP contribution is 2.44. The molecule has 4 rings (SSSR count). The number of hydrogen-bond acceptors (Lipinski definition) is 5. The molecule has 1 fully saturated rings. The Balaban J connectivity index is 1.89. The van der Waals surface area contributed by atoms with Gasteiger partial charge in [-0.05, 0) is 30.2 Å². The number of fused-ring (bicyclic) bond motifs is 1. The molecule has 6 nitrogen and oxygen atoms in total. The summed E-state index contributed by atoms with van der Waals surface area (Å²) >= 11 is 0. The molecule has 7 heteroatoms. The van der Waals surface area contributed by atoms with E-state index in [2.05, 4.69) is 11.0 Å². The summed E-state index contributed by atoms with van der Waals surface area (Å²) in [6.07, 6.45) is 0. The number of hydrogen-bond donors (Lipinski definition) is 1. The quantitative estimate of drug-likeness (QED) is 0.872. The minimum absolute atomic E-state index is 0.0381. The van der Waals surface area contributed by atoms with Crippen LogP contribution < -0.4 is 10.6 Å². The van der Waals surface area contributed by atoms with Crippen LogP contribution in [0.25, 0.3) is 0 Å². The van der Waals surface area contributed by atoms with E-state index in [1.807, 2.05) is 55.5 Å². The molecule has 0 amide bonds. The Morgan fingerprint density at radius 1 is 1.15 bits per heavy atom. The van der Waals surface area contributed by atoms with Gasteiger partial charge in [-0.2, -0.15) is 0 Å². The molecule has 2 aromatic rings. The van der Waals surface area contributed by atoms with Crippen LogP contribution in [-0.4, -0.2) is 44.1 Å². The number of nitrogens with zero attached hydrogens (tertiary/aromatic N) is 3. The highest BCUT2D eigenvalue weighted by atomic mass is 32.2. The van der Waals surface area contributed by atoms with Crippen molar-refractivity contribution in [1.82, 2.24) is 4.31 Å². The fraction of sp³-hybridized carbons (Fsp3) is 0.316. The number of nitrogens with two attached hydrogens (primary N) is 1. The van der Waals surface area contributed by atoms with E-state index in [1.54, 1.807) is 0 Å². The van der Waals surface area contributed by atoms with Gasteiger partial charge in [-0.3, -0.25) is 0 Å². The first kappa shape index (κ1) is 16.9. The van der Waals surface area contributed by atoms with E-state index in [0.29, 0.717) is 13.1 Å². The highest BCUT2D eigenvalue weighted by Gasteiger charge is 2.58. The third-order valence-electron chi connectivity index (χ3n) is 5.37. The second kappa shape index (κ2) is 5.74. The van der Waals surface area contributed by atoms with E-state index < -0.39 is 20.8 Å². The van der Waals surface area contributed by atoms with Crippen molar-refractivity contribution in [3.05, 3.63) is 65.7 Å². The highest BCUT2D eigenvalue weighted by molar-refractivity contribution is 7.90. The van der Waals surface area contributed by atoms with Gasteiger partial charge in [0.1, 0.15) is 10.8 Å². The van der Waals surface area contributed by atoms with Crippen molar-refractivity contribution >= 4 is 21.7 Å². The normalized spacial score (nSPS) is 27.2. The third kappa shape index (κ3) is 2.38. The topological polar surface area (TPSA) is 79.0 Å². The van der Waals surface area contributed by atoms with Crippen molar-refractivity contribution in [1.29, 1.82) is 0 Å². The Morgan fingerprint density at radius 2 is 1.88 bits per heavy atom. The van der Waals surface area contributed by atoms with Crippen LogP contribution in [0.1, 0.15) is 11.1 Å². The van der Waals surface area contributed by atoms with Crippen LogP contribution in [0.4, 0.5) is 5.69 Å². The van der Waals surface area contributed by atoms with E-state index in [9.17, 15) is 8.42 Å². The summed E-state index contributed by atoms with van der Waals surface area (Å²) in [5.74, 6) is 0.0381. The Bertz CT molecular complexity index is 974. The lowest BCUT2D eigenvalue weighted by Gasteiger charge is -2.38. The first-order valence-electron chi connectivity index (χ1n) is 8.55. The maximum atomic E-state index is 13.2. The Kier molecular flexibility index (Phi) is 3.73. The molecule has 2 heterocycles. The summed E-state index contributed by atoms with van der Waals surface area (Å²) in [6, 6.07) is 17.7. The molecule has 0 aromatic heterocycles. The maximum absolute atomic E-state index is 13.2. The molecular formula is C19H22N4O2S. The lowest BCUT2D eigenvalue weighted by atomic mass is 9.89. The van der Waals surface area contributed by atoms with Gasteiger partial charge in [-0.1, -0.05) is 42.5 Å². The molecule has 26 heavy (non-hydrogen) atoms. The van der Waals surface area contributed by atoms with Gasteiger partial charge in [0, 0.05) is 25.8 Å².